The van der Waals surface area contributed by atoms with Crippen LogP contribution in [0.15, 0.2) is 59.4 Å². The number of carbonyl (C=O) groups is 1. The zero-order valence-corrected chi connectivity index (χ0v) is 18.1. The van der Waals surface area contributed by atoms with Gasteiger partial charge in [0.2, 0.25) is 0 Å². The first-order valence-electron chi connectivity index (χ1n) is 10.9. The number of hydrogen-bond acceptors (Lipinski definition) is 7. The Morgan fingerprint density at radius 3 is 2.79 bits per heavy atom. The molecule has 1 fully saturated rings. The second-order valence-corrected chi connectivity index (χ2v) is 8.25. The van der Waals surface area contributed by atoms with Crippen molar-refractivity contribution >= 4 is 22.8 Å². The summed E-state index contributed by atoms with van der Waals surface area (Å²) in [7, 11) is 0. The van der Waals surface area contributed by atoms with Gasteiger partial charge in [0.1, 0.15) is 5.82 Å². The number of nitro groups is 1. The van der Waals surface area contributed by atoms with Crippen LogP contribution < -0.4 is 5.56 Å². The number of nitro benzene ring substituents is 1. The molecule has 3 heterocycles. The monoisotopic (exact) mass is 459 g/mol. The predicted molar refractivity (Wildman–Crippen MR) is 122 cm³/mol. The minimum absolute atomic E-state index is 0.130. The van der Waals surface area contributed by atoms with E-state index < -0.39 is 4.92 Å². The number of aromatic amines is 1. The molecule has 1 amide bonds. The summed E-state index contributed by atoms with van der Waals surface area (Å²) in [4.78, 5) is 45.4. The maximum atomic E-state index is 13.0. The number of rotatable bonds is 5. The quantitative estimate of drug-likeness (QED) is 0.357. The van der Waals surface area contributed by atoms with Crippen molar-refractivity contribution < 1.29 is 9.72 Å². The molecule has 34 heavy (non-hydrogen) atoms. The number of benzene rings is 2. The highest BCUT2D eigenvalue weighted by Crippen LogP contribution is 2.26. The number of non-ortho nitro benzene ring substituents is 1. The van der Waals surface area contributed by atoms with Gasteiger partial charge in [-0.25, -0.2) is 9.67 Å². The average Bonchev–Trinajstić information content (AvgIpc) is 3.27. The molecule has 0 radical (unpaired) electrons. The SMILES string of the molecule is O=C(c1cccc([N+](=O)[O-])c1)N1CCC[C@@H](c2nc3c(nnn3Cc3ccccc3)c(=O)[nH]2)C1. The average molecular weight is 459 g/mol. The first kappa shape index (κ1) is 21.4. The van der Waals surface area contributed by atoms with Crippen molar-refractivity contribution in [3.63, 3.8) is 0 Å². The highest BCUT2D eigenvalue weighted by atomic mass is 16.6. The summed E-state index contributed by atoms with van der Waals surface area (Å²) in [5, 5.41) is 19.2. The van der Waals surface area contributed by atoms with Crippen molar-refractivity contribution in [2.75, 3.05) is 13.1 Å². The number of nitrogens with zero attached hydrogens (tertiary/aromatic N) is 6. The number of fused-ring (bicyclic) bond motifs is 1. The number of piperidine rings is 1. The lowest BCUT2D eigenvalue weighted by Crippen LogP contribution is -2.40. The number of H-pyrrole nitrogens is 1. The number of likely N-dealkylation sites (tertiary alicyclic amines) is 1. The van der Waals surface area contributed by atoms with Crippen molar-refractivity contribution in [2.24, 2.45) is 0 Å². The Labute approximate surface area is 193 Å². The summed E-state index contributed by atoms with van der Waals surface area (Å²) in [6.07, 6.45) is 1.46. The number of hydrogen-bond donors (Lipinski definition) is 1. The van der Waals surface area contributed by atoms with Crippen LogP contribution >= 0.6 is 0 Å². The second-order valence-electron chi connectivity index (χ2n) is 8.25. The van der Waals surface area contributed by atoms with Crippen molar-refractivity contribution in [1.82, 2.24) is 29.9 Å². The molecular weight excluding hydrogens is 438 g/mol. The maximum absolute atomic E-state index is 13.0. The van der Waals surface area contributed by atoms with E-state index in [1.807, 2.05) is 30.3 Å². The zero-order chi connectivity index (χ0) is 23.7. The normalized spacial score (nSPS) is 16.0. The minimum atomic E-state index is -0.522. The minimum Gasteiger partial charge on any atom is -0.338 e. The van der Waals surface area contributed by atoms with E-state index >= 15 is 0 Å². The molecule has 4 aromatic rings. The van der Waals surface area contributed by atoms with Gasteiger partial charge in [0.15, 0.2) is 11.2 Å². The van der Waals surface area contributed by atoms with E-state index in [4.69, 9.17) is 0 Å². The van der Waals surface area contributed by atoms with Crippen molar-refractivity contribution in [1.29, 1.82) is 0 Å². The van der Waals surface area contributed by atoms with Gasteiger partial charge in [-0.3, -0.25) is 19.7 Å². The Balaban J connectivity index is 1.41. The highest BCUT2D eigenvalue weighted by molar-refractivity contribution is 5.95. The van der Waals surface area contributed by atoms with Gasteiger partial charge in [-0.2, -0.15) is 0 Å². The molecule has 1 N–H and O–H groups in total. The molecule has 0 saturated carbocycles. The molecule has 11 nitrogen and oxygen atoms in total. The van der Waals surface area contributed by atoms with Crippen LogP contribution in [0.4, 0.5) is 5.69 Å². The first-order valence-corrected chi connectivity index (χ1v) is 10.9. The van der Waals surface area contributed by atoms with Crippen LogP contribution in [0.5, 0.6) is 0 Å². The van der Waals surface area contributed by atoms with Gasteiger partial charge >= 0.3 is 0 Å². The van der Waals surface area contributed by atoms with Crippen LogP contribution in [0, 0.1) is 10.1 Å². The molecule has 172 valence electrons. The van der Waals surface area contributed by atoms with E-state index in [2.05, 4.69) is 20.3 Å². The molecular formula is C23H21N7O4. The van der Waals surface area contributed by atoms with E-state index in [1.165, 1.54) is 18.2 Å². The molecule has 2 aromatic carbocycles. The fraction of sp³-hybridized carbons (Fsp3) is 0.261. The smallest absolute Gasteiger partial charge is 0.281 e. The highest BCUT2D eigenvalue weighted by Gasteiger charge is 2.28. The van der Waals surface area contributed by atoms with E-state index in [0.717, 1.165) is 12.0 Å². The van der Waals surface area contributed by atoms with Crippen LogP contribution in [0.25, 0.3) is 11.2 Å². The number of amides is 1. The lowest BCUT2D eigenvalue weighted by Gasteiger charge is -2.32. The summed E-state index contributed by atoms with van der Waals surface area (Å²) in [5.41, 5.74) is 1.32. The second kappa shape index (κ2) is 8.85. The molecule has 0 unspecified atom stereocenters. The lowest BCUT2D eigenvalue weighted by atomic mass is 9.96. The third kappa shape index (κ3) is 4.15. The molecule has 0 bridgehead atoms. The Morgan fingerprint density at radius 2 is 2.00 bits per heavy atom. The van der Waals surface area contributed by atoms with Crippen molar-refractivity contribution in [2.45, 2.75) is 25.3 Å². The molecule has 1 aliphatic rings. The molecule has 1 saturated heterocycles. The Hall–Kier alpha value is -4.41. The summed E-state index contributed by atoms with van der Waals surface area (Å²) in [6, 6.07) is 15.4. The Morgan fingerprint density at radius 1 is 1.18 bits per heavy atom. The summed E-state index contributed by atoms with van der Waals surface area (Å²) in [5.74, 6) is 0.00633. The Bertz CT molecular complexity index is 1430. The summed E-state index contributed by atoms with van der Waals surface area (Å²) in [6.45, 7) is 1.30. The van der Waals surface area contributed by atoms with Gasteiger partial charge in [-0.15, -0.1) is 5.10 Å². The van der Waals surface area contributed by atoms with Crippen LogP contribution in [-0.4, -0.2) is 53.8 Å². The van der Waals surface area contributed by atoms with Gasteiger partial charge in [-0.05, 0) is 24.5 Å². The standard InChI is InChI=1S/C23H21N7O4/c31-22-19-21(29(27-26-19)13-15-6-2-1-3-7-15)24-20(25-22)17-9-5-11-28(14-17)23(32)16-8-4-10-18(12-16)30(33)34/h1-4,6-8,10,12,17H,5,9,11,13-14H2,(H,24,25,31)/t17-/m1/s1. The molecule has 2 aromatic heterocycles. The van der Waals surface area contributed by atoms with Gasteiger partial charge in [0.25, 0.3) is 17.2 Å². The first-order chi connectivity index (χ1) is 16.5. The topological polar surface area (TPSA) is 140 Å². The van der Waals surface area contributed by atoms with Crippen molar-refractivity contribution in [3.8, 4) is 0 Å². The number of carbonyl (C=O) groups excluding carboxylic acids is 1. The molecule has 5 rings (SSSR count). The molecule has 1 atom stereocenters. The van der Waals surface area contributed by atoms with Crippen LogP contribution in [-0.2, 0) is 6.54 Å². The van der Waals surface area contributed by atoms with Gasteiger partial charge in [-0.1, -0.05) is 41.6 Å². The number of aromatic nitrogens is 5. The van der Waals surface area contributed by atoms with Gasteiger partial charge in [0.05, 0.1) is 11.5 Å². The van der Waals surface area contributed by atoms with Crippen LogP contribution in [0.1, 0.15) is 40.5 Å². The maximum Gasteiger partial charge on any atom is 0.281 e. The van der Waals surface area contributed by atoms with E-state index in [-0.39, 0.29) is 34.2 Å². The lowest BCUT2D eigenvalue weighted by molar-refractivity contribution is -0.384. The summed E-state index contributed by atoms with van der Waals surface area (Å²) < 4.78 is 1.60. The van der Waals surface area contributed by atoms with E-state index in [0.29, 0.717) is 37.5 Å². The molecule has 1 aliphatic heterocycles. The fourth-order valence-corrected chi connectivity index (χ4v) is 4.26. The molecule has 0 aliphatic carbocycles. The van der Waals surface area contributed by atoms with Gasteiger partial charge < -0.3 is 9.88 Å². The van der Waals surface area contributed by atoms with Crippen LogP contribution in [0.2, 0.25) is 0 Å². The Kier molecular flexibility index (Phi) is 5.58. The van der Waals surface area contributed by atoms with Crippen molar-refractivity contribution in [3.05, 3.63) is 92.0 Å². The number of nitrogens with one attached hydrogen (secondary N) is 1. The fourth-order valence-electron chi connectivity index (χ4n) is 4.26. The largest absolute Gasteiger partial charge is 0.338 e. The van der Waals surface area contributed by atoms with E-state index in [1.54, 1.807) is 15.6 Å². The van der Waals surface area contributed by atoms with Gasteiger partial charge in [0, 0.05) is 36.7 Å². The third-order valence-corrected chi connectivity index (χ3v) is 5.97. The predicted octanol–water partition coefficient (Wildman–Crippen LogP) is 2.49. The van der Waals surface area contributed by atoms with E-state index in [9.17, 15) is 19.7 Å². The molecule has 11 heteroatoms. The summed E-state index contributed by atoms with van der Waals surface area (Å²) >= 11 is 0. The third-order valence-electron chi connectivity index (χ3n) is 5.97. The van der Waals surface area contributed by atoms with Crippen LogP contribution in [0.3, 0.4) is 0 Å². The zero-order valence-electron chi connectivity index (χ0n) is 18.1. The molecule has 0 spiro atoms.